The fraction of sp³-hybridized carbons (Fsp3) is 0.500. The summed E-state index contributed by atoms with van der Waals surface area (Å²) < 4.78 is 0. The van der Waals surface area contributed by atoms with Gasteiger partial charge in [0.25, 0.3) is 0 Å². The van der Waals surface area contributed by atoms with Crippen LogP contribution in [0.15, 0.2) is 23.1 Å². The Morgan fingerprint density at radius 1 is 1.47 bits per heavy atom. The van der Waals surface area contributed by atoms with Crippen LogP contribution < -0.4 is 5.32 Å². The first kappa shape index (κ1) is 12.3. The van der Waals surface area contributed by atoms with E-state index in [-0.39, 0.29) is 5.41 Å². The van der Waals surface area contributed by atoms with Gasteiger partial charge in [0.15, 0.2) is 0 Å². The second-order valence-electron chi connectivity index (χ2n) is 5.12. The van der Waals surface area contributed by atoms with Crippen molar-refractivity contribution in [2.24, 2.45) is 5.41 Å². The highest BCUT2D eigenvalue weighted by molar-refractivity contribution is 7.99. The predicted octanol–water partition coefficient (Wildman–Crippen LogP) is 3.69. The van der Waals surface area contributed by atoms with Crippen LogP contribution in [-0.2, 0) is 6.42 Å². The van der Waals surface area contributed by atoms with Gasteiger partial charge in [0, 0.05) is 17.1 Å². The van der Waals surface area contributed by atoms with Crippen molar-refractivity contribution in [3.63, 3.8) is 0 Å². The number of rotatable bonds is 3. The van der Waals surface area contributed by atoms with Crippen LogP contribution in [0.5, 0.6) is 0 Å². The van der Waals surface area contributed by atoms with E-state index in [2.05, 4.69) is 29.6 Å². The first-order valence-corrected chi connectivity index (χ1v) is 7.00. The van der Waals surface area contributed by atoms with Gasteiger partial charge in [0.1, 0.15) is 0 Å². The van der Waals surface area contributed by atoms with Gasteiger partial charge >= 0.3 is 0 Å². The largest absolute Gasteiger partial charge is 0.383 e. The fourth-order valence-corrected chi connectivity index (χ4v) is 2.85. The van der Waals surface area contributed by atoms with Crippen molar-refractivity contribution in [3.8, 4) is 6.07 Å². The molecule has 0 fully saturated rings. The van der Waals surface area contributed by atoms with Gasteiger partial charge in [-0.15, -0.1) is 11.8 Å². The topological polar surface area (TPSA) is 35.8 Å². The Balaban J connectivity index is 2.05. The molecule has 17 heavy (non-hydrogen) atoms. The van der Waals surface area contributed by atoms with Gasteiger partial charge in [0.2, 0.25) is 0 Å². The maximum absolute atomic E-state index is 8.97. The number of hydrogen-bond donors (Lipinski definition) is 1. The Bertz CT molecular complexity index is 446. The van der Waals surface area contributed by atoms with Gasteiger partial charge in [-0.3, -0.25) is 0 Å². The molecule has 0 bridgehead atoms. The average Bonchev–Trinajstić information content (AvgIpc) is 2.36. The summed E-state index contributed by atoms with van der Waals surface area (Å²) >= 11 is 1.95. The van der Waals surface area contributed by atoms with E-state index in [0.29, 0.717) is 6.54 Å². The molecule has 0 spiro atoms. The molecule has 90 valence electrons. The van der Waals surface area contributed by atoms with Crippen LogP contribution in [0.3, 0.4) is 0 Å². The molecule has 0 atom stereocenters. The van der Waals surface area contributed by atoms with Crippen LogP contribution >= 0.6 is 11.8 Å². The molecule has 2 nitrogen and oxygen atoms in total. The number of fused-ring (bicyclic) bond motifs is 1. The van der Waals surface area contributed by atoms with E-state index in [1.165, 1.54) is 29.1 Å². The standard InChI is InChI=1S/C14H18N2S/c1-14(2,9-15)10-16-12-5-6-13-11(8-12)4-3-7-17-13/h5-6,8,16H,3-4,7,10H2,1-2H3. The van der Waals surface area contributed by atoms with Gasteiger partial charge < -0.3 is 5.32 Å². The fourth-order valence-electron chi connectivity index (χ4n) is 1.83. The number of anilines is 1. The van der Waals surface area contributed by atoms with E-state index in [0.717, 1.165) is 5.69 Å². The minimum absolute atomic E-state index is 0.315. The Morgan fingerprint density at radius 3 is 3.06 bits per heavy atom. The third-order valence-corrected chi connectivity index (χ3v) is 4.15. The lowest BCUT2D eigenvalue weighted by atomic mass is 9.96. The summed E-state index contributed by atoms with van der Waals surface area (Å²) in [7, 11) is 0. The molecule has 0 aromatic heterocycles. The zero-order chi connectivity index (χ0) is 12.3. The molecule has 0 saturated carbocycles. The molecule has 2 rings (SSSR count). The molecule has 1 aromatic carbocycles. The maximum atomic E-state index is 8.97. The molecular formula is C14H18N2S. The lowest BCUT2D eigenvalue weighted by Gasteiger charge is -2.19. The molecule has 1 aliphatic heterocycles. The molecule has 1 N–H and O–H groups in total. The molecular weight excluding hydrogens is 228 g/mol. The summed E-state index contributed by atoms with van der Waals surface area (Å²) in [6.07, 6.45) is 2.45. The highest BCUT2D eigenvalue weighted by Gasteiger charge is 2.16. The number of nitriles is 1. The van der Waals surface area contributed by atoms with Crippen LogP contribution in [-0.4, -0.2) is 12.3 Å². The van der Waals surface area contributed by atoms with Crippen molar-refractivity contribution in [2.45, 2.75) is 31.6 Å². The Morgan fingerprint density at radius 2 is 2.29 bits per heavy atom. The van der Waals surface area contributed by atoms with Crippen molar-refractivity contribution in [1.29, 1.82) is 5.26 Å². The normalized spacial score (nSPS) is 14.9. The first-order valence-electron chi connectivity index (χ1n) is 6.02. The van der Waals surface area contributed by atoms with Crippen molar-refractivity contribution in [2.75, 3.05) is 17.6 Å². The van der Waals surface area contributed by atoms with E-state index < -0.39 is 0 Å². The molecule has 3 heteroatoms. The highest BCUT2D eigenvalue weighted by atomic mass is 32.2. The summed E-state index contributed by atoms with van der Waals surface area (Å²) in [5.74, 6) is 1.24. The molecule has 1 heterocycles. The number of nitrogens with one attached hydrogen (secondary N) is 1. The quantitative estimate of drug-likeness (QED) is 0.883. The summed E-state index contributed by atoms with van der Waals surface area (Å²) in [4.78, 5) is 1.42. The maximum Gasteiger partial charge on any atom is 0.0702 e. The lowest BCUT2D eigenvalue weighted by Crippen LogP contribution is -2.21. The van der Waals surface area contributed by atoms with E-state index in [1.807, 2.05) is 25.6 Å². The van der Waals surface area contributed by atoms with Crippen molar-refractivity contribution in [3.05, 3.63) is 23.8 Å². The number of nitrogens with zero attached hydrogens (tertiary/aromatic N) is 1. The minimum atomic E-state index is -0.315. The van der Waals surface area contributed by atoms with Crippen molar-refractivity contribution in [1.82, 2.24) is 0 Å². The first-order chi connectivity index (χ1) is 8.11. The Labute approximate surface area is 107 Å². The third kappa shape index (κ3) is 3.17. The highest BCUT2D eigenvalue weighted by Crippen LogP contribution is 2.31. The molecule has 0 radical (unpaired) electrons. The third-order valence-electron chi connectivity index (χ3n) is 2.95. The monoisotopic (exact) mass is 246 g/mol. The Kier molecular flexibility index (Phi) is 3.63. The van der Waals surface area contributed by atoms with E-state index in [9.17, 15) is 0 Å². The molecule has 1 aliphatic rings. The van der Waals surface area contributed by atoms with Crippen LogP contribution in [0, 0.1) is 16.7 Å². The zero-order valence-corrected chi connectivity index (χ0v) is 11.2. The molecule has 0 unspecified atom stereocenters. The second-order valence-corrected chi connectivity index (χ2v) is 6.26. The van der Waals surface area contributed by atoms with Crippen LogP contribution in [0.25, 0.3) is 0 Å². The predicted molar refractivity (Wildman–Crippen MR) is 73.4 cm³/mol. The number of aryl methyl sites for hydroxylation is 1. The molecule has 0 saturated heterocycles. The number of hydrogen-bond acceptors (Lipinski definition) is 3. The van der Waals surface area contributed by atoms with Gasteiger partial charge in [-0.05, 0) is 56.2 Å². The smallest absolute Gasteiger partial charge is 0.0702 e. The SMILES string of the molecule is CC(C)(C#N)CNc1ccc2c(c1)CCCS2. The van der Waals surface area contributed by atoms with Crippen LogP contribution in [0.1, 0.15) is 25.8 Å². The summed E-state index contributed by atoms with van der Waals surface area (Å²) in [5, 5.41) is 12.3. The minimum Gasteiger partial charge on any atom is -0.383 e. The Hall–Kier alpha value is -1.14. The van der Waals surface area contributed by atoms with Crippen LogP contribution in [0.4, 0.5) is 5.69 Å². The van der Waals surface area contributed by atoms with Crippen molar-refractivity contribution >= 4 is 17.4 Å². The second kappa shape index (κ2) is 5.01. The van der Waals surface area contributed by atoms with Gasteiger partial charge in [-0.25, -0.2) is 0 Å². The van der Waals surface area contributed by atoms with E-state index in [1.54, 1.807) is 0 Å². The number of benzene rings is 1. The zero-order valence-electron chi connectivity index (χ0n) is 10.4. The summed E-state index contributed by atoms with van der Waals surface area (Å²) in [6, 6.07) is 8.85. The molecule has 0 aliphatic carbocycles. The van der Waals surface area contributed by atoms with Crippen molar-refractivity contribution < 1.29 is 0 Å². The average molecular weight is 246 g/mol. The molecule has 0 amide bonds. The summed E-state index contributed by atoms with van der Waals surface area (Å²) in [5.41, 5.74) is 2.26. The number of thioether (sulfide) groups is 1. The lowest BCUT2D eigenvalue weighted by molar-refractivity contribution is 0.529. The van der Waals surface area contributed by atoms with Gasteiger partial charge in [-0.2, -0.15) is 5.26 Å². The van der Waals surface area contributed by atoms with Crippen LogP contribution in [0.2, 0.25) is 0 Å². The van der Waals surface area contributed by atoms with E-state index >= 15 is 0 Å². The van der Waals surface area contributed by atoms with E-state index in [4.69, 9.17) is 5.26 Å². The van der Waals surface area contributed by atoms with Gasteiger partial charge in [0.05, 0.1) is 11.5 Å². The summed E-state index contributed by atoms with van der Waals surface area (Å²) in [6.45, 7) is 4.60. The molecule has 1 aromatic rings. The van der Waals surface area contributed by atoms with Gasteiger partial charge in [-0.1, -0.05) is 0 Å².